The molecule has 2 heteroatoms. The molecular formula is C10H12NO. The molecule has 0 unspecified atom stereocenters. The lowest BCUT2D eigenvalue weighted by Crippen LogP contribution is -2.24. The van der Waals surface area contributed by atoms with Gasteiger partial charge in [0.2, 0.25) is 0 Å². The molecule has 12 heavy (non-hydrogen) atoms. The Hall–Kier alpha value is -1.05. The molecule has 0 aromatic heterocycles. The molecular weight excluding hydrogens is 150 g/mol. The highest BCUT2D eigenvalue weighted by molar-refractivity contribution is 5.81. The number of rotatable bonds is 0. The van der Waals surface area contributed by atoms with Gasteiger partial charge in [0.25, 0.3) is 0 Å². The number of fused-ring (bicyclic) bond motifs is 1. The fraction of sp³-hybridized carbons (Fsp3) is 0.500. The van der Waals surface area contributed by atoms with Crippen LogP contribution in [0.2, 0.25) is 0 Å². The van der Waals surface area contributed by atoms with Crippen molar-refractivity contribution in [2.45, 2.75) is 19.3 Å². The summed E-state index contributed by atoms with van der Waals surface area (Å²) < 4.78 is 0. The van der Waals surface area contributed by atoms with Gasteiger partial charge in [0.15, 0.2) is 0 Å². The maximum absolute atomic E-state index is 11.2. The van der Waals surface area contributed by atoms with E-state index in [1.165, 1.54) is 0 Å². The van der Waals surface area contributed by atoms with Crippen LogP contribution in [0.4, 0.5) is 0 Å². The highest BCUT2D eigenvalue weighted by Gasteiger charge is 2.17. The molecule has 1 fully saturated rings. The van der Waals surface area contributed by atoms with Crippen molar-refractivity contribution in [2.24, 2.45) is 0 Å². The Labute approximate surface area is 72.6 Å². The molecule has 0 saturated carbocycles. The van der Waals surface area contributed by atoms with Gasteiger partial charge in [-0.05, 0) is 18.6 Å². The van der Waals surface area contributed by atoms with Crippen LogP contribution in [0.1, 0.15) is 19.3 Å². The van der Waals surface area contributed by atoms with Crippen LogP contribution in [0, 0.1) is 6.08 Å². The van der Waals surface area contributed by atoms with E-state index in [0.29, 0.717) is 12.2 Å². The molecule has 0 N–H and O–H groups in total. The molecule has 2 nitrogen and oxygen atoms in total. The highest BCUT2D eigenvalue weighted by atomic mass is 16.1. The first-order valence-corrected chi connectivity index (χ1v) is 4.40. The zero-order valence-electron chi connectivity index (χ0n) is 7.05. The van der Waals surface area contributed by atoms with E-state index >= 15 is 0 Å². The fourth-order valence-corrected chi connectivity index (χ4v) is 1.68. The Morgan fingerprint density at radius 1 is 1.50 bits per heavy atom. The predicted molar refractivity (Wildman–Crippen MR) is 46.3 cm³/mol. The van der Waals surface area contributed by atoms with Crippen LogP contribution in [0.25, 0.3) is 0 Å². The van der Waals surface area contributed by atoms with Gasteiger partial charge in [-0.25, -0.2) is 0 Å². The van der Waals surface area contributed by atoms with Crippen LogP contribution in [-0.2, 0) is 4.79 Å². The van der Waals surface area contributed by atoms with Crippen molar-refractivity contribution in [1.29, 1.82) is 0 Å². The van der Waals surface area contributed by atoms with Crippen LogP contribution in [-0.4, -0.2) is 23.8 Å². The van der Waals surface area contributed by atoms with Crippen LogP contribution < -0.4 is 0 Å². The van der Waals surface area contributed by atoms with Crippen molar-refractivity contribution >= 4 is 5.78 Å². The molecule has 1 saturated heterocycles. The van der Waals surface area contributed by atoms with Gasteiger partial charge in [0, 0.05) is 31.6 Å². The molecule has 0 spiro atoms. The summed E-state index contributed by atoms with van der Waals surface area (Å²) in [4.78, 5) is 13.5. The second kappa shape index (κ2) is 3.13. The second-order valence-electron chi connectivity index (χ2n) is 3.27. The standard InChI is InChI=1S/C10H12NO/c12-10-5-3-7-11-6-2-1-4-9(11)8-10/h2,4H,3,5-8H2. The number of allylic oxidation sites excluding steroid dienone is 3. The summed E-state index contributed by atoms with van der Waals surface area (Å²) in [5.74, 6) is 0.368. The number of carbonyl (C=O) groups excluding carboxylic acids is 1. The average Bonchev–Trinajstić information content (AvgIpc) is 2.25. The molecule has 63 valence electrons. The number of ketones is 1. The number of hydrogen-bond acceptors (Lipinski definition) is 2. The van der Waals surface area contributed by atoms with Crippen molar-refractivity contribution in [3.8, 4) is 0 Å². The molecule has 0 aromatic carbocycles. The van der Waals surface area contributed by atoms with E-state index in [9.17, 15) is 4.79 Å². The quantitative estimate of drug-likeness (QED) is 0.535. The summed E-state index contributed by atoms with van der Waals surface area (Å²) in [5, 5.41) is 0. The molecule has 1 radical (unpaired) electrons. The second-order valence-corrected chi connectivity index (χ2v) is 3.27. The Morgan fingerprint density at radius 3 is 3.33 bits per heavy atom. The topological polar surface area (TPSA) is 20.3 Å². The van der Waals surface area contributed by atoms with Gasteiger partial charge in [-0.15, -0.1) is 0 Å². The molecule has 0 aliphatic carbocycles. The van der Waals surface area contributed by atoms with Gasteiger partial charge < -0.3 is 4.90 Å². The van der Waals surface area contributed by atoms with E-state index in [0.717, 1.165) is 31.6 Å². The molecule has 2 aliphatic heterocycles. The summed E-state index contributed by atoms with van der Waals surface area (Å²) in [6, 6.07) is 0. The summed E-state index contributed by atoms with van der Waals surface area (Å²) in [5.41, 5.74) is 1.15. The monoisotopic (exact) mass is 162 g/mol. The smallest absolute Gasteiger partial charge is 0.138 e. The maximum atomic E-state index is 11.2. The molecule has 0 bridgehead atoms. The third-order valence-corrected chi connectivity index (χ3v) is 2.35. The van der Waals surface area contributed by atoms with Crippen LogP contribution in [0.3, 0.4) is 0 Å². The minimum atomic E-state index is 0.368. The van der Waals surface area contributed by atoms with Gasteiger partial charge in [-0.2, -0.15) is 0 Å². The van der Waals surface area contributed by atoms with E-state index in [4.69, 9.17) is 0 Å². The van der Waals surface area contributed by atoms with Crippen molar-refractivity contribution in [3.05, 3.63) is 23.9 Å². The lowest BCUT2D eigenvalue weighted by atomic mass is 10.1. The minimum Gasteiger partial charge on any atom is -0.371 e. The van der Waals surface area contributed by atoms with E-state index < -0.39 is 0 Å². The van der Waals surface area contributed by atoms with Crippen LogP contribution in [0.15, 0.2) is 17.8 Å². The maximum Gasteiger partial charge on any atom is 0.138 e. The number of Topliss-reactive ketones (excluding diaryl/α,β-unsaturated/α-hetero) is 1. The largest absolute Gasteiger partial charge is 0.371 e. The van der Waals surface area contributed by atoms with Gasteiger partial charge in [-0.3, -0.25) is 4.79 Å². The lowest BCUT2D eigenvalue weighted by Gasteiger charge is -2.25. The molecule has 2 rings (SSSR count). The van der Waals surface area contributed by atoms with E-state index in [2.05, 4.69) is 11.0 Å². The van der Waals surface area contributed by atoms with E-state index in [-0.39, 0.29) is 0 Å². The van der Waals surface area contributed by atoms with Crippen LogP contribution in [0.5, 0.6) is 0 Å². The Balaban J connectivity index is 2.18. The number of carbonyl (C=O) groups is 1. The van der Waals surface area contributed by atoms with Crippen molar-refractivity contribution in [3.63, 3.8) is 0 Å². The predicted octanol–water partition coefficient (Wildman–Crippen LogP) is 1.30. The van der Waals surface area contributed by atoms with Crippen molar-refractivity contribution in [2.75, 3.05) is 13.1 Å². The van der Waals surface area contributed by atoms with Gasteiger partial charge in [0.05, 0.1) is 0 Å². The molecule has 2 aliphatic rings. The summed E-state index contributed by atoms with van der Waals surface area (Å²) >= 11 is 0. The Kier molecular flexibility index (Phi) is 1.98. The van der Waals surface area contributed by atoms with Gasteiger partial charge in [0.1, 0.15) is 5.78 Å². The normalized spacial score (nSPS) is 23.2. The SMILES string of the molecule is O=C1CCCN2CC=[C]C=C2C1. The zero-order valence-corrected chi connectivity index (χ0v) is 7.05. The molecule has 0 aromatic rings. The number of nitrogens with zero attached hydrogens (tertiary/aromatic N) is 1. The summed E-state index contributed by atoms with van der Waals surface area (Å²) in [6.45, 7) is 1.95. The minimum absolute atomic E-state index is 0.368. The van der Waals surface area contributed by atoms with Crippen molar-refractivity contribution in [1.82, 2.24) is 4.90 Å². The Morgan fingerprint density at radius 2 is 2.42 bits per heavy atom. The third-order valence-electron chi connectivity index (χ3n) is 2.35. The Bertz CT molecular complexity index is 253. The molecule has 0 amide bonds. The van der Waals surface area contributed by atoms with Crippen LogP contribution >= 0.6 is 0 Å². The van der Waals surface area contributed by atoms with Crippen molar-refractivity contribution < 1.29 is 4.79 Å². The summed E-state index contributed by atoms with van der Waals surface area (Å²) in [7, 11) is 0. The van der Waals surface area contributed by atoms with E-state index in [1.807, 2.05) is 12.2 Å². The first kappa shape index (κ1) is 7.59. The highest BCUT2D eigenvalue weighted by Crippen LogP contribution is 2.19. The fourth-order valence-electron chi connectivity index (χ4n) is 1.68. The third kappa shape index (κ3) is 1.42. The van der Waals surface area contributed by atoms with Gasteiger partial charge in [-0.1, -0.05) is 6.08 Å². The lowest BCUT2D eigenvalue weighted by molar-refractivity contribution is -0.118. The van der Waals surface area contributed by atoms with E-state index in [1.54, 1.807) is 0 Å². The number of hydrogen-bond donors (Lipinski definition) is 0. The average molecular weight is 162 g/mol. The summed E-state index contributed by atoms with van der Waals surface area (Å²) in [6.07, 6.45) is 9.36. The molecule has 2 heterocycles. The van der Waals surface area contributed by atoms with Gasteiger partial charge >= 0.3 is 0 Å². The first-order chi connectivity index (χ1) is 5.86. The zero-order chi connectivity index (χ0) is 8.39. The first-order valence-electron chi connectivity index (χ1n) is 4.40. The molecule has 0 atom stereocenters.